The zero-order valence-corrected chi connectivity index (χ0v) is 17.3. The maximum absolute atomic E-state index is 13.0. The number of pyridine rings is 1. The van der Waals surface area contributed by atoms with Crippen molar-refractivity contribution in [2.45, 2.75) is 26.3 Å². The molecule has 2 heterocycles. The first-order valence-electron chi connectivity index (χ1n) is 9.72. The number of hydrogen-bond donors (Lipinski definition) is 1. The normalized spacial score (nSPS) is 18.7. The first-order chi connectivity index (χ1) is 13.8. The van der Waals surface area contributed by atoms with Gasteiger partial charge in [-0.15, -0.1) is 0 Å². The largest absolute Gasteiger partial charge is 0.507 e. The Kier molecular flexibility index (Phi) is 6.13. The van der Waals surface area contributed by atoms with E-state index in [1.54, 1.807) is 29.4 Å². The molecule has 1 aliphatic heterocycles. The van der Waals surface area contributed by atoms with Gasteiger partial charge in [0.1, 0.15) is 5.76 Å². The topological polar surface area (TPSA) is 73.7 Å². The summed E-state index contributed by atoms with van der Waals surface area (Å²) in [5.41, 5.74) is 3.30. The van der Waals surface area contributed by atoms with Crippen molar-refractivity contribution in [3.05, 3.63) is 70.6 Å². The van der Waals surface area contributed by atoms with E-state index in [0.29, 0.717) is 12.1 Å². The van der Waals surface area contributed by atoms with Crippen molar-refractivity contribution < 1.29 is 14.7 Å². The van der Waals surface area contributed by atoms with E-state index in [9.17, 15) is 14.7 Å². The van der Waals surface area contributed by atoms with Crippen molar-refractivity contribution >= 4 is 17.4 Å². The highest BCUT2D eigenvalue weighted by molar-refractivity contribution is 6.46. The second-order valence-corrected chi connectivity index (χ2v) is 7.75. The van der Waals surface area contributed by atoms with Gasteiger partial charge in [0, 0.05) is 24.5 Å². The highest BCUT2D eigenvalue weighted by atomic mass is 16.3. The van der Waals surface area contributed by atoms with Crippen LogP contribution in [0.15, 0.2) is 48.3 Å². The van der Waals surface area contributed by atoms with Crippen LogP contribution in [0.5, 0.6) is 0 Å². The summed E-state index contributed by atoms with van der Waals surface area (Å²) in [6, 6.07) is 8.64. The summed E-state index contributed by atoms with van der Waals surface area (Å²) in [4.78, 5) is 33.5. The molecular formula is C23H27N3O3. The van der Waals surface area contributed by atoms with E-state index in [0.717, 1.165) is 29.7 Å². The van der Waals surface area contributed by atoms with E-state index in [1.807, 2.05) is 51.0 Å². The number of Topliss-reactive ketones (excluding diaryl/α,β-unsaturated/α-hetero) is 1. The smallest absolute Gasteiger partial charge is 0.295 e. The molecule has 1 saturated heterocycles. The molecule has 1 atom stereocenters. The summed E-state index contributed by atoms with van der Waals surface area (Å²) in [5, 5.41) is 11.1. The quantitative estimate of drug-likeness (QED) is 0.464. The van der Waals surface area contributed by atoms with Gasteiger partial charge in [0.2, 0.25) is 0 Å². The first-order valence-corrected chi connectivity index (χ1v) is 9.72. The number of benzene rings is 1. The lowest BCUT2D eigenvalue weighted by Crippen LogP contribution is -2.32. The van der Waals surface area contributed by atoms with Crippen LogP contribution in [0.3, 0.4) is 0 Å². The fourth-order valence-electron chi connectivity index (χ4n) is 3.70. The molecule has 1 amide bonds. The Bertz CT molecular complexity index is 951. The van der Waals surface area contributed by atoms with Gasteiger partial charge in [0.25, 0.3) is 11.7 Å². The molecule has 0 spiro atoms. The minimum absolute atomic E-state index is 0.124. The van der Waals surface area contributed by atoms with Gasteiger partial charge in [-0.1, -0.05) is 17.7 Å². The number of hydrogen-bond acceptors (Lipinski definition) is 5. The minimum Gasteiger partial charge on any atom is -0.507 e. The Morgan fingerprint density at radius 2 is 1.83 bits per heavy atom. The van der Waals surface area contributed by atoms with E-state index >= 15 is 0 Å². The lowest BCUT2D eigenvalue weighted by atomic mass is 9.93. The summed E-state index contributed by atoms with van der Waals surface area (Å²) in [6.45, 7) is 5.03. The molecule has 6 nitrogen and oxygen atoms in total. The van der Waals surface area contributed by atoms with E-state index in [2.05, 4.69) is 4.98 Å². The summed E-state index contributed by atoms with van der Waals surface area (Å²) in [6.07, 6.45) is 3.99. The number of likely N-dealkylation sites (tertiary alicyclic amines) is 1. The van der Waals surface area contributed by atoms with Crippen molar-refractivity contribution in [2.75, 3.05) is 27.2 Å². The van der Waals surface area contributed by atoms with Gasteiger partial charge < -0.3 is 14.9 Å². The molecule has 1 aliphatic rings. The number of carbonyl (C=O) groups excluding carboxylic acids is 2. The molecule has 3 rings (SSSR count). The molecule has 2 aromatic rings. The number of aryl methyl sites for hydroxylation is 2. The number of aromatic nitrogens is 1. The van der Waals surface area contributed by atoms with Crippen LogP contribution in [0.1, 0.15) is 34.7 Å². The van der Waals surface area contributed by atoms with E-state index in [-0.39, 0.29) is 11.3 Å². The van der Waals surface area contributed by atoms with E-state index in [1.165, 1.54) is 0 Å². The van der Waals surface area contributed by atoms with E-state index in [4.69, 9.17) is 0 Å². The Labute approximate surface area is 171 Å². The van der Waals surface area contributed by atoms with Crippen molar-refractivity contribution in [3.63, 3.8) is 0 Å². The SMILES string of the molecule is Cc1ccc(C)c(/C(O)=C2/C(=O)C(=O)N(CCCN(C)C)C2c2ccncc2)c1. The fraction of sp³-hybridized carbons (Fsp3) is 0.348. The average Bonchev–Trinajstić information content (AvgIpc) is 2.94. The molecule has 1 fully saturated rings. The summed E-state index contributed by atoms with van der Waals surface area (Å²) >= 11 is 0. The Hall–Kier alpha value is -2.99. The van der Waals surface area contributed by atoms with Gasteiger partial charge in [0.15, 0.2) is 0 Å². The first kappa shape index (κ1) is 20.7. The highest BCUT2D eigenvalue weighted by Crippen LogP contribution is 2.39. The van der Waals surface area contributed by atoms with Gasteiger partial charge in [-0.25, -0.2) is 0 Å². The third-order valence-corrected chi connectivity index (χ3v) is 5.21. The molecule has 0 aliphatic carbocycles. The monoisotopic (exact) mass is 393 g/mol. The minimum atomic E-state index is -0.643. The van der Waals surface area contributed by atoms with Crippen molar-refractivity contribution in [3.8, 4) is 0 Å². The van der Waals surface area contributed by atoms with Crippen molar-refractivity contribution in [1.29, 1.82) is 0 Å². The van der Waals surface area contributed by atoms with Gasteiger partial charge in [-0.3, -0.25) is 14.6 Å². The van der Waals surface area contributed by atoms with Crippen molar-refractivity contribution in [2.24, 2.45) is 0 Å². The molecule has 152 valence electrons. The predicted octanol–water partition coefficient (Wildman–Crippen LogP) is 3.07. The van der Waals surface area contributed by atoms with E-state index < -0.39 is 17.7 Å². The number of amides is 1. The van der Waals surface area contributed by atoms with Gasteiger partial charge in [-0.05, 0) is 70.2 Å². The molecule has 0 bridgehead atoms. The number of ketones is 1. The second-order valence-electron chi connectivity index (χ2n) is 7.75. The highest BCUT2D eigenvalue weighted by Gasteiger charge is 2.45. The third kappa shape index (κ3) is 4.22. The Morgan fingerprint density at radius 3 is 2.48 bits per heavy atom. The standard InChI is InChI=1S/C23H27N3O3/c1-15-6-7-16(2)18(14-15)21(27)19-20(17-8-10-24-11-9-17)26(23(29)22(19)28)13-5-12-25(3)4/h6-11,14,20,27H,5,12-13H2,1-4H3/b21-19-. The molecule has 1 aromatic heterocycles. The summed E-state index contributed by atoms with van der Waals surface area (Å²) in [5.74, 6) is -1.34. The zero-order valence-electron chi connectivity index (χ0n) is 17.3. The van der Waals surface area contributed by atoms with Crippen LogP contribution < -0.4 is 0 Å². The number of aliphatic hydroxyl groups excluding tert-OH is 1. The number of rotatable bonds is 6. The third-order valence-electron chi connectivity index (χ3n) is 5.21. The number of carbonyl (C=O) groups is 2. The number of aliphatic hydroxyl groups is 1. The maximum atomic E-state index is 13.0. The molecule has 0 saturated carbocycles. The zero-order chi connectivity index (χ0) is 21.1. The van der Waals surface area contributed by atoms with Crippen LogP contribution in [0, 0.1) is 13.8 Å². The molecule has 0 radical (unpaired) electrons. The Balaban J connectivity index is 2.12. The van der Waals surface area contributed by atoms with Crippen LogP contribution in [0.2, 0.25) is 0 Å². The fourth-order valence-corrected chi connectivity index (χ4v) is 3.70. The molecule has 1 aromatic carbocycles. The van der Waals surface area contributed by atoms with Gasteiger partial charge in [0.05, 0.1) is 11.6 Å². The van der Waals surface area contributed by atoms with Crippen molar-refractivity contribution in [1.82, 2.24) is 14.8 Å². The van der Waals surface area contributed by atoms with Crippen LogP contribution in [-0.4, -0.2) is 58.8 Å². The Morgan fingerprint density at radius 1 is 1.14 bits per heavy atom. The van der Waals surface area contributed by atoms with Crippen LogP contribution in [0.4, 0.5) is 0 Å². The summed E-state index contributed by atoms with van der Waals surface area (Å²) in [7, 11) is 3.93. The van der Waals surface area contributed by atoms with Gasteiger partial charge in [-0.2, -0.15) is 0 Å². The average molecular weight is 393 g/mol. The molecular weight excluding hydrogens is 366 g/mol. The predicted molar refractivity (Wildman–Crippen MR) is 112 cm³/mol. The van der Waals surface area contributed by atoms with Crippen LogP contribution in [-0.2, 0) is 9.59 Å². The lowest BCUT2D eigenvalue weighted by molar-refractivity contribution is -0.139. The maximum Gasteiger partial charge on any atom is 0.295 e. The summed E-state index contributed by atoms with van der Waals surface area (Å²) < 4.78 is 0. The van der Waals surface area contributed by atoms with Crippen LogP contribution in [0.25, 0.3) is 5.76 Å². The molecule has 6 heteroatoms. The lowest BCUT2D eigenvalue weighted by Gasteiger charge is -2.26. The number of nitrogens with zero attached hydrogens (tertiary/aromatic N) is 3. The molecule has 1 unspecified atom stereocenters. The second kappa shape index (κ2) is 8.57. The molecule has 1 N–H and O–H groups in total. The molecule has 29 heavy (non-hydrogen) atoms. The van der Waals surface area contributed by atoms with Crippen LogP contribution >= 0.6 is 0 Å². The van der Waals surface area contributed by atoms with Gasteiger partial charge >= 0.3 is 0 Å².